The van der Waals surface area contributed by atoms with Crippen LogP contribution in [0.1, 0.15) is 6.92 Å². The second-order valence-corrected chi connectivity index (χ2v) is 25.4. The number of nitrogens with one attached hydrogen (secondary N) is 1. The zero-order valence-electron chi connectivity index (χ0n) is 17.0. The van der Waals surface area contributed by atoms with Crippen LogP contribution in [0.2, 0.25) is 65.0 Å². The van der Waals surface area contributed by atoms with E-state index in [1.165, 1.54) is 0 Å². The summed E-state index contributed by atoms with van der Waals surface area (Å²) in [6.45, 7) is 23.5. The molecule has 0 heterocycles. The number of nitrogens with two attached hydrogens (primary N) is 1. The minimum absolute atomic E-state index is 0.475. The first-order chi connectivity index (χ1) is 10.1. The van der Waals surface area contributed by atoms with Gasteiger partial charge in [-0.15, -0.1) is 0 Å². The Morgan fingerprint density at radius 2 is 1.30 bits per heavy atom. The lowest BCUT2D eigenvalue weighted by molar-refractivity contribution is 0.315. The topological polar surface area (TPSA) is 65.7 Å². The molecule has 0 spiro atoms. The standard InChI is InChI=1S/C14H40N2O3Si4/c1-14(11-16-13-15)12-23(10,18-21(5,6)7)19-22(8,9)17-20(2,3)4/h14,16H,11-13,15H2,1-10H3. The van der Waals surface area contributed by atoms with Crippen molar-refractivity contribution < 1.29 is 12.3 Å². The van der Waals surface area contributed by atoms with Gasteiger partial charge in [-0.25, -0.2) is 0 Å². The molecule has 0 saturated carbocycles. The predicted octanol–water partition coefficient (Wildman–Crippen LogP) is 3.62. The van der Waals surface area contributed by atoms with Gasteiger partial charge in [0.2, 0.25) is 0 Å². The highest BCUT2D eigenvalue weighted by Crippen LogP contribution is 2.29. The summed E-state index contributed by atoms with van der Waals surface area (Å²) in [5.41, 5.74) is 5.55. The minimum atomic E-state index is -2.29. The molecule has 0 rings (SSSR count). The molecule has 2 atom stereocenters. The molecule has 0 aliphatic carbocycles. The summed E-state index contributed by atoms with van der Waals surface area (Å²) < 4.78 is 19.7. The van der Waals surface area contributed by atoms with Crippen LogP contribution in [0.5, 0.6) is 0 Å². The van der Waals surface area contributed by atoms with Crippen LogP contribution in [-0.2, 0) is 12.3 Å². The van der Waals surface area contributed by atoms with Crippen LogP contribution in [0.3, 0.4) is 0 Å². The molecule has 0 amide bonds. The van der Waals surface area contributed by atoms with Gasteiger partial charge in [0, 0.05) is 6.67 Å². The minimum Gasteiger partial charge on any atom is -0.437 e. The van der Waals surface area contributed by atoms with E-state index in [9.17, 15) is 0 Å². The van der Waals surface area contributed by atoms with Crippen molar-refractivity contribution in [3.63, 3.8) is 0 Å². The van der Waals surface area contributed by atoms with E-state index in [0.717, 1.165) is 12.6 Å². The molecule has 0 aliphatic rings. The Morgan fingerprint density at radius 3 is 1.70 bits per heavy atom. The van der Waals surface area contributed by atoms with Gasteiger partial charge in [0.15, 0.2) is 16.6 Å². The predicted molar refractivity (Wildman–Crippen MR) is 110 cm³/mol. The molecule has 0 radical (unpaired) electrons. The largest absolute Gasteiger partial charge is 0.437 e. The first-order valence-electron chi connectivity index (χ1n) is 8.59. The SMILES string of the molecule is CC(CNCN)C[Si](C)(O[Si](C)(C)C)O[Si](C)(C)O[Si](C)(C)C. The van der Waals surface area contributed by atoms with Crippen molar-refractivity contribution in [2.75, 3.05) is 13.2 Å². The van der Waals surface area contributed by atoms with Crippen LogP contribution >= 0.6 is 0 Å². The average molecular weight is 397 g/mol. The van der Waals surface area contributed by atoms with E-state index >= 15 is 0 Å². The van der Waals surface area contributed by atoms with Crippen molar-refractivity contribution in [2.24, 2.45) is 11.7 Å². The van der Waals surface area contributed by atoms with Crippen LogP contribution in [0.15, 0.2) is 0 Å². The first-order valence-corrected chi connectivity index (χ1v) is 20.7. The monoisotopic (exact) mass is 396 g/mol. The van der Waals surface area contributed by atoms with E-state index in [1.54, 1.807) is 0 Å². The van der Waals surface area contributed by atoms with E-state index in [1.807, 2.05) is 0 Å². The summed E-state index contributed by atoms with van der Waals surface area (Å²) in [6, 6.07) is 0.968. The third-order valence-electron chi connectivity index (χ3n) is 2.89. The van der Waals surface area contributed by atoms with Crippen LogP contribution in [-0.4, -0.2) is 47.0 Å². The summed E-state index contributed by atoms with van der Waals surface area (Å²) >= 11 is 0. The van der Waals surface area contributed by atoms with Crippen molar-refractivity contribution in [3.8, 4) is 0 Å². The number of hydrogen-bond acceptors (Lipinski definition) is 5. The molecule has 140 valence electrons. The highest BCUT2D eigenvalue weighted by Gasteiger charge is 2.45. The lowest BCUT2D eigenvalue weighted by Gasteiger charge is -2.42. The molecular formula is C14H40N2O3Si4. The number of rotatable bonds is 11. The van der Waals surface area contributed by atoms with Gasteiger partial charge in [-0.3, -0.25) is 0 Å². The van der Waals surface area contributed by atoms with Gasteiger partial charge in [-0.1, -0.05) is 6.92 Å². The zero-order chi connectivity index (χ0) is 18.5. The van der Waals surface area contributed by atoms with E-state index in [0.29, 0.717) is 12.6 Å². The third-order valence-corrected chi connectivity index (χ3v) is 16.6. The van der Waals surface area contributed by atoms with Crippen molar-refractivity contribution in [3.05, 3.63) is 0 Å². The molecular weight excluding hydrogens is 357 g/mol. The Balaban J connectivity index is 5.12. The average Bonchev–Trinajstić information content (AvgIpc) is 2.17. The van der Waals surface area contributed by atoms with Gasteiger partial charge < -0.3 is 23.4 Å². The van der Waals surface area contributed by atoms with Gasteiger partial charge >= 0.3 is 17.1 Å². The smallest absolute Gasteiger partial charge is 0.316 e. The Hall–Kier alpha value is 0.668. The van der Waals surface area contributed by atoms with Gasteiger partial charge in [0.25, 0.3) is 0 Å². The van der Waals surface area contributed by atoms with Crippen LogP contribution < -0.4 is 11.1 Å². The lowest BCUT2D eigenvalue weighted by Crippen LogP contribution is -2.57. The van der Waals surface area contributed by atoms with E-state index in [-0.39, 0.29) is 0 Å². The van der Waals surface area contributed by atoms with E-state index < -0.39 is 33.8 Å². The Morgan fingerprint density at radius 1 is 0.826 bits per heavy atom. The molecule has 3 N–H and O–H groups in total. The summed E-state index contributed by atoms with van der Waals surface area (Å²) in [5.74, 6) is 0.475. The normalized spacial score (nSPS) is 17.9. The third kappa shape index (κ3) is 12.6. The fourth-order valence-electron chi connectivity index (χ4n) is 3.06. The molecule has 0 aliphatic heterocycles. The molecule has 0 aromatic rings. The molecule has 0 aromatic heterocycles. The van der Waals surface area contributed by atoms with Gasteiger partial charge in [-0.2, -0.15) is 0 Å². The zero-order valence-corrected chi connectivity index (χ0v) is 21.0. The molecule has 9 heteroatoms. The fraction of sp³-hybridized carbons (Fsp3) is 1.00. The summed E-state index contributed by atoms with van der Waals surface area (Å²) in [4.78, 5) is 0. The second kappa shape index (κ2) is 8.85. The molecule has 0 aromatic carbocycles. The van der Waals surface area contributed by atoms with Gasteiger partial charge in [-0.05, 0) is 77.4 Å². The number of hydrogen-bond donors (Lipinski definition) is 2. The van der Waals surface area contributed by atoms with Crippen LogP contribution in [0, 0.1) is 5.92 Å². The summed E-state index contributed by atoms with van der Waals surface area (Å²) in [7, 11) is -7.80. The molecule has 0 saturated heterocycles. The Bertz CT molecular complexity index is 359. The quantitative estimate of drug-likeness (QED) is 0.412. The van der Waals surface area contributed by atoms with Crippen molar-refractivity contribution in [1.82, 2.24) is 5.32 Å². The lowest BCUT2D eigenvalue weighted by atomic mass is 10.2. The van der Waals surface area contributed by atoms with Crippen LogP contribution in [0.25, 0.3) is 0 Å². The van der Waals surface area contributed by atoms with Crippen LogP contribution in [0.4, 0.5) is 0 Å². The van der Waals surface area contributed by atoms with Crippen molar-refractivity contribution in [1.29, 1.82) is 0 Å². The fourth-order valence-corrected chi connectivity index (χ4v) is 21.5. The second-order valence-electron chi connectivity index (χ2n) is 9.03. The molecule has 0 bridgehead atoms. The maximum Gasteiger partial charge on any atom is 0.316 e. The summed E-state index contributed by atoms with van der Waals surface area (Å²) in [5, 5.41) is 3.22. The Kier molecular flexibility index (Phi) is 9.11. The molecule has 0 fully saturated rings. The maximum absolute atomic E-state index is 6.67. The molecule has 5 nitrogen and oxygen atoms in total. The molecule has 23 heavy (non-hydrogen) atoms. The van der Waals surface area contributed by atoms with Gasteiger partial charge in [0.05, 0.1) is 0 Å². The first kappa shape index (κ1) is 23.7. The van der Waals surface area contributed by atoms with Crippen molar-refractivity contribution >= 4 is 33.8 Å². The van der Waals surface area contributed by atoms with Crippen molar-refractivity contribution in [2.45, 2.75) is 71.9 Å². The van der Waals surface area contributed by atoms with E-state index in [2.05, 4.69) is 71.2 Å². The highest BCUT2D eigenvalue weighted by molar-refractivity contribution is 6.89. The maximum atomic E-state index is 6.67. The van der Waals surface area contributed by atoms with Gasteiger partial charge in [0.1, 0.15) is 0 Å². The Labute approximate surface area is 148 Å². The summed E-state index contributed by atoms with van der Waals surface area (Å²) in [6.07, 6.45) is 0. The highest BCUT2D eigenvalue weighted by atomic mass is 28.5. The van der Waals surface area contributed by atoms with E-state index in [4.69, 9.17) is 18.1 Å². The molecule has 2 unspecified atom stereocenters.